The molecule has 0 aliphatic rings. The minimum Gasteiger partial charge on any atom is -0.370 e. The summed E-state index contributed by atoms with van der Waals surface area (Å²) in [5.74, 6) is 4.64. The molecule has 0 aromatic rings. The van der Waals surface area contributed by atoms with Crippen LogP contribution < -0.4 is 17.0 Å². The molecule has 0 aliphatic carbocycles. The number of carbonyl (C=O) groups is 2. The third-order valence-corrected chi connectivity index (χ3v) is 2.49. The van der Waals surface area contributed by atoms with Gasteiger partial charge in [0.1, 0.15) is 0 Å². The number of nitrogens with one attached hydrogen (secondary N) is 1. The molecular weight excluding hydrogens is 206 g/mol. The van der Waals surface area contributed by atoms with E-state index in [2.05, 4.69) is 5.43 Å². The molecule has 0 aliphatic heterocycles. The average molecular weight is 229 g/mol. The van der Waals surface area contributed by atoms with Crippen LogP contribution in [-0.2, 0) is 9.59 Å². The first-order valence-electron chi connectivity index (χ1n) is 5.94. The number of nitrogens with two attached hydrogens (primary N) is 2. The number of hydrogen-bond acceptors (Lipinski definition) is 3. The third kappa shape index (κ3) is 11.0. The predicted octanol–water partition coefficient (Wildman–Crippen LogP) is 0.972. The highest BCUT2D eigenvalue weighted by Crippen LogP contribution is 2.09. The Balaban J connectivity index is 3.04. The largest absolute Gasteiger partial charge is 0.370 e. The number of hydrogen-bond donors (Lipinski definition) is 3. The highest BCUT2D eigenvalue weighted by molar-refractivity contribution is 5.75. The van der Waals surface area contributed by atoms with E-state index in [1.165, 1.54) is 0 Å². The fraction of sp³-hybridized carbons (Fsp3) is 0.818. The van der Waals surface area contributed by atoms with Gasteiger partial charge in [-0.2, -0.15) is 0 Å². The van der Waals surface area contributed by atoms with Crippen LogP contribution in [0.15, 0.2) is 0 Å². The van der Waals surface area contributed by atoms with Crippen molar-refractivity contribution in [2.24, 2.45) is 11.6 Å². The van der Waals surface area contributed by atoms with Gasteiger partial charge in [-0.15, -0.1) is 0 Å². The highest BCUT2D eigenvalue weighted by Gasteiger charge is 1.98. The van der Waals surface area contributed by atoms with Gasteiger partial charge in [-0.05, 0) is 12.8 Å². The average Bonchev–Trinajstić information content (AvgIpc) is 2.26. The Labute approximate surface area is 96.9 Å². The van der Waals surface area contributed by atoms with Gasteiger partial charge in [0.15, 0.2) is 0 Å². The van der Waals surface area contributed by atoms with Crippen LogP contribution in [0.5, 0.6) is 0 Å². The zero-order valence-electron chi connectivity index (χ0n) is 9.84. The number of hydrazine groups is 1. The molecular formula is C11H23N3O2. The van der Waals surface area contributed by atoms with E-state index >= 15 is 0 Å². The maximum absolute atomic E-state index is 10.8. The molecule has 0 bridgehead atoms. The van der Waals surface area contributed by atoms with Crippen LogP contribution in [-0.4, -0.2) is 11.8 Å². The van der Waals surface area contributed by atoms with Gasteiger partial charge in [0.2, 0.25) is 11.8 Å². The third-order valence-electron chi connectivity index (χ3n) is 2.49. The van der Waals surface area contributed by atoms with Crippen molar-refractivity contribution in [3.8, 4) is 0 Å². The summed E-state index contributed by atoms with van der Waals surface area (Å²) in [5.41, 5.74) is 7.14. The van der Waals surface area contributed by atoms with Gasteiger partial charge in [-0.1, -0.05) is 32.1 Å². The molecule has 0 heterocycles. The van der Waals surface area contributed by atoms with Crippen LogP contribution in [0.25, 0.3) is 0 Å². The summed E-state index contributed by atoms with van der Waals surface area (Å²) >= 11 is 0. The van der Waals surface area contributed by atoms with Crippen molar-refractivity contribution in [1.82, 2.24) is 5.43 Å². The second kappa shape index (κ2) is 10.4. The minimum atomic E-state index is -0.215. The number of rotatable bonds is 10. The molecule has 0 spiro atoms. The number of unbranched alkanes of at least 4 members (excludes halogenated alkanes) is 6. The quantitative estimate of drug-likeness (QED) is 0.225. The van der Waals surface area contributed by atoms with Crippen LogP contribution in [0.2, 0.25) is 0 Å². The molecule has 0 fully saturated rings. The summed E-state index contributed by atoms with van der Waals surface area (Å²) in [6.45, 7) is 0. The number of primary amides is 1. The topological polar surface area (TPSA) is 98.2 Å². The lowest BCUT2D eigenvalue weighted by molar-refractivity contribution is -0.121. The first-order chi connectivity index (χ1) is 7.66. The molecule has 0 saturated carbocycles. The molecule has 0 saturated heterocycles. The summed E-state index contributed by atoms with van der Waals surface area (Å²) in [5, 5.41) is 0. The Morgan fingerprint density at radius 3 is 1.69 bits per heavy atom. The lowest BCUT2D eigenvalue weighted by Crippen LogP contribution is -2.29. The van der Waals surface area contributed by atoms with Crippen LogP contribution in [0, 0.1) is 0 Å². The van der Waals surface area contributed by atoms with Crippen molar-refractivity contribution in [2.75, 3.05) is 0 Å². The molecule has 0 atom stereocenters. The van der Waals surface area contributed by atoms with Gasteiger partial charge in [-0.3, -0.25) is 15.0 Å². The molecule has 5 nitrogen and oxygen atoms in total. The minimum absolute atomic E-state index is 0.0959. The van der Waals surface area contributed by atoms with Crippen molar-refractivity contribution in [3.63, 3.8) is 0 Å². The highest BCUT2D eigenvalue weighted by atomic mass is 16.2. The van der Waals surface area contributed by atoms with Crippen LogP contribution >= 0.6 is 0 Å². The lowest BCUT2D eigenvalue weighted by atomic mass is 10.1. The SMILES string of the molecule is NNC(=O)CCCCCCCCCC(N)=O. The first-order valence-corrected chi connectivity index (χ1v) is 5.94. The van der Waals surface area contributed by atoms with E-state index in [9.17, 15) is 9.59 Å². The molecule has 5 N–H and O–H groups in total. The Bertz CT molecular complexity index is 207. The van der Waals surface area contributed by atoms with Crippen molar-refractivity contribution in [1.29, 1.82) is 0 Å². The molecule has 0 radical (unpaired) electrons. The molecule has 16 heavy (non-hydrogen) atoms. The molecule has 2 amide bonds. The van der Waals surface area contributed by atoms with Crippen LogP contribution in [0.1, 0.15) is 57.8 Å². The fourth-order valence-corrected chi connectivity index (χ4v) is 1.54. The van der Waals surface area contributed by atoms with Crippen molar-refractivity contribution in [2.45, 2.75) is 57.8 Å². The Kier molecular flexibility index (Phi) is 9.70. The number of carbonyl (C=O) groups excluding carboxylic acids is 2. The summed E-state index contributed by atoms with van der Waals surface area (Å²) in [4.78, 5) is 21.2. The fourth-order valence-electron chi connectivity index (χ4n) is 1.54. The van der Waals surface area contributed by atoms with Gasteiger partial charge >= 0.3 is 0 Å². The smallest absolute Gasteiger partial charge is 0.233 e. The van der Waals surface area contributed by atoms with E-state index in [0.717, 1.165) is 44.9 Å². The zero-order chi connectivity index (χ0) is 12.2. The summed E-state index contributed by atoms with van der Waals surface area (Å²) in [6, 6.07) is 0. The normalized spacial score (nSPS) is 10.1. The van der Waals surface area contributed by atoms with E-state index < -0.39 is 0 Å². The van der Waals surface area contributed by atoms with Crippen molar-refractivity contribution in [3.05, 3.63) is 0 Å². The molecule has 0 aromatic carbocycles. The molecule has 94 valence electrons. The number of amides is 2. The lowest BCUT2D eigenvalue weighted by Gasteiger charge is -2.01. The molecule has 0 rings (SSSR count). The van der Waals surface area contributed by atoms with E-state index in [-0.39, 0.29) is 11.8 Å². The van der Waals surface area contributed by atoms with Gasteiger partial charge in [0.05, 0.1) is 0 Å². The zero-order valence-corrected chi connectivity index (χ0v) is 9.84. The van der Waals surface area contributed by atoms with Crippen LogP contribution in [0.4, 0.5) is 0 Å². The predicted molar refractivity (Wildman–Crippen MR) is 63.1 cm³/mol. The van der Waals surface area contributed by atoms with Gasteiger partial charge in [0.25, 0.3) is 0 Å². The first kappa shape index (κ1) is 14.9. The van der Waals surface area contributed by atoms with Gasteiger partial charge in [0, 0.05) is 12.8 Å². The van der Waals surface area contributed by atoms with E-state index in [4.69, 9.17) is 11.6 Å². The van der Waals surface area contributed by atoms with E-state index in [1.54, 1.807) is 0 Å². The van der Waals surface area contributed by atoms with Gasteiger partial charge in [-0.25, -0.2) is 5.84 Å². The van der Waals surface area contributed by atoms with Crippen molar-refractivity contribution >= 4 is 11.8 Å². The maximum atomic E-state index is 10.8. The van der Waals surface area contributed by atoms with E-state index in [1.807, 2.05) is 0 Å². The second-order valence-corrected chi connectivity index (χ2v) is 4.01. The van der Waals surface area contributed by atoms with Crippen molar-refractivity contribution < 1.29 is 9.59 Å². The van der Waals surface area contributed by atoms with E-state index in [0.29, 0.717) is 12.8 Å². The monoisotopic (exact) mass is 229 g/mol. The Morgan fingerprint density at radius 1 is 0.812 bits per heavy atom. The maximum Gasteiger partial charge on any atom is 0.233 e. The molecule has 0 aromatic heterocycles. The second-order valence-electron chi connectivity index (χ2n) is 4.01. The molecule has 5 heteroatoms. The summed E-state index contributed by atoms with van der Waals surface area (Å²) in [7, 11) is 0. The molecule has 0 unspecified atom stereocenters. The summed E-state index contributed by atoms with van der Waals surface area (Å²) < 4.78 is 0. The standard InChI is InChI=1S/C11H23N3O2/c12-10(15)8-6-4-2-1-3-5-7-9-11(16)14-13/h1-9,13H2,(H2,12,15)(H,14,16). The summed E-state index contributed by atoms with van der Waals surface area (Å²) in [6.07, 6.45) is 8.34. The Morgan fingerprint density at radius 2 is 1.25 bits per heavy atom. The van der Waals surface area contributed by atoms with Crippen LogP contribution in [0.3, 0.4) is 0 Å². The Hall–Kier alpha value is -1.10. The van der Waals surface area contributed by atoms with Gasteiger partial charge < -0.3 is 5.73 Å².